The highest BCUT2D eigenvalue weighted by Gasteiger charge is 2.30. The Morgan fingerprint density at radius 3 is 2.76 bits per heavy atom. The first-order valence-corrected chi connectivity index (χ1v) is 6.81. The predicted molar refractivity (Wildman–Crippen MR) is 75.3 cm³/mol. The van der Waals surface area contributed by atoms with Crippen LogP contribution in [0.3, 0.4) is 0 Å². The van der Waals surface area contributed by atoms with Gasteiger partial charge in [0.2, 0.25) is 0 Å². The number of ether oxygens (including phenoxy) is 2. The standard InChI is InChI=1S/C15H19NO5/c1-20-11-5-6-13(17)12(8-11)14(18)16-7-3-4-10(9-16)15(19)21-2/h5-6,8,10,17H,3-4,7,9H2,1-2H3. The molecule has 0 saturated carbocycles. The van der Waals surface area contributed by atoms with Gasteiger partial charge in [0.25, 0.3) is 5.91 Å². The molecule has 0 aromatic heterocycles. The normalized spacial score (nSPS) is 18.2. The lowest BCUT2D eigenvalue weighted by molar-refractivity contribution is -0.146. The number of piperidine rings is 1. The van der Waals surface area contributed by atoms with Crippen molar-refractivity contribution in [3.63, 3.8) is 0 Å². The Labute approximate surface area is 123 Å². The lowest BCUT2D eigenvalue weighted by atomic mass is 9.97. The zero-order valence-electron chi connectivity index (χ0n) is 12.2. The Morgan fingerprint density at radius 2 is 2.10 bits per heavy atom. The number of amides is 1. The minimum absolute atomic E-state index is 0.0963. The number of aromatic hydroxyl groups is 1. The number of hydrogen-bond acceptors (Lipinski definition) is 5. The van der Waals surface area contributed by atoms with E-state index in [9.17, 15) is 14.7 Å². The maximum atomic E-state index is 12.5. The van der Waals surface area contributed by atoms with Crippen LogP contribution in [0.2, 0.25) is 0 Å². The molecule has 0 radical (unpaired) electrons. The molecule has 0 spiro atoms. The third-order valence-electron chi connectivity index (χ3n) is 3.68. The van der Waals surface area contributed by atoms with Gasteiger partial charge in [-0.05, 0) is 31.0 Å². The number of hydrogen-bond donors (Lipinski definition) is 1. The molecule has 0 aliphatic carbocycles. The quantitative estimate of drug-likeness (QED) is 0.853. The number of likely N-dealkylation sites (tertiary alicyclic amines) is 1. The van der Waals surface area contributed by atoms with Crippen LogP contribution in [-0.4, -0.2) is 49.2 Å². The summed E-state index contributed by atoms with van der Waals surface area (Å²) >= 11 is 0. The van der Waals surface area contributed by atoms with Gasteiger partial charge in [-0.3, -0.25) is 9.59 Å². The maximum absolute atomic E-state index is 12.5. The summed E-state index contributed by atoms with van der Waals surface area (Å²) in [7, 11) is 2.84. The van der Waals surface area contributed by atoms with Crippen molar-refractivity contribution in [3.8, 4) is 11.5 Å². The molecule has 1 N–H and O–H groups in total. The molecule has 1 unspecified atom stereocenters. The summed E-state index contributed by atoms with van der Waals surface area (Å²) in [6, 6.07) is 4.51. The lowest BCUT2D eigenvalue weighted by Crippen LogP contribution is -2.42. The van der Waals surface area contributed by atoms with Gasteiger partial charge in [0.1, 0.15) is 11.5 Å². The first-order chi connectivity index (χ1) is 10.1. The Balaban J connectivity index is 2.17. The minimum Gasteiger partial charge on any atom is -0.507 e. The summed E-state index contributed by atoms with van der Waals surface area (Å²) in [5, 5.41) is 9.86. The van der Waals surface area contributed by atoms with Gasteiger partial charge in [0.05, 0.1) is 25.7 Å². The predicted octanol–water partition coefficient (Wildman–Crippen LogP) is 1.43. The van der Waals surface area contributed by atoms with E-state index in [0.717, 1.165) is 6.42 Å². The molecule has 114 valence electrons. The van der Waals surface area contributed by atoms with Crippen LogP contribution in [-0.2, 0) is 9.53 Å². The first-order valence-electron chi connectivity index (χ1n) is 6.81. The van der Waals surface area contributed by atoms with Gasteiger partial charge in [-0.15, -0.1) is 0 Å². The Bertz CT molecular complexity index is 543. The van der Waals surface area contributed by atoms with E-state index >= 15 is 0 Å². The molecule has 1 aromatic rings. The maximum Gasteiger partial charge on any atom is 0.310 e. The second-order valence-corrected chi connectivity index (χ2v) is 5.00. The molecule has 1 saturated heterocycles. The third kappa shape index (κ3) is 3.26. The molecule has 1 fully saturated rings. The van der Waals surface area contributed by atoms with Crippen molar-refractivity contribution in [2.75, 3.05) is 27.3 Å². The van der Waals surface area contributed by atoms with Gasteiger partial charge < -0.3 is 19.5 Å². The van der Waals surface area contributed by atoms with Crippen LogP contribution in [0.25, 0.3) is 0 Å². The van der Waals surface area contributed by atoms with Crippen molar-refractivity contribution in [2.45, 2.75) is 12.8 Å². The van der Waals surface area contributed by atoms with E-state index in [1.807, 2.05) is 0 Å². The number of esters is 1. The molecular weight excluding hydrogens is 274 g/mol. The molecule has 21 heavy (non-hydrogen) atoms. The van der Waals surface area contributed by atoms with E-state index in [2.05, 4.69) is 0 Å². The van der Waals surface area contributed by atoms with Crippen molar-refractivity contribution in [1.29, 1.82) is 0 Å². The zero-order valence-corrected chi connectivity index (χ0v) is 12.2. The fourth-order valence-electron chi connectivity index (χ4n) is 2.50. The highest BCUT2D eigenvalue weighted by molar-refractivity contribution is 5.97. The second kappa shape index (κ2) is 6.47. The first kappa shape index (κ1) is 15.2. The van der Waals surface area contributed by atoms with Crippen LogP contribution < -0.4 is 4.74 Å². The molecular formula is C15H19NO5. The van der Waals surface area contributed by atoms with Crippen LogP contribution in [0.1, 0.15) is 23.2 Å². The second-order valence-electron chi connectivity index (χ2n) is 5.00. The fourth-order valence-corrected chi connectivity index (χ4v) is 2.50. The summed E-state index contributed by atoms with van der Waals surface area (Å²) < 4.78 is 9.81. The molecule has 1 atom stereocenters. The van der Waals surface area contributed by atoms with E-state index in [1.165, 1.54) is 26.4 Å². The summed E-state index contributed by atoms with van der Waals surface area (Å²) in [6.07, 6.45) is 1.44. The number of nitrogens with zero attached hydrogens (tertiary/aromatic N) is 1. The zero-order chi connectivity index (χ0) is 15.4. The SMILES string of the molecule is COC(=O)C1CCCN(C(=O)c2cc(OC)ccc2O)C1. The number of carbonyl (C=O) groups is 2. The number of carbonyl (C=O) groups excluding carboxylic acids is 2. The molecule has 1 aliphatic rings. The highest BCUT2D eigenvalue weighted by Crippen LogP contribution is 2.26. The Kier molecular flexibility index (Phi) is 4.67. The van der Waals surface area contributed by atoms with Gasteiger partial charge in [0, 0.05) is 13.1 Å². The molecule has 1 heterocycles. The molecule has 2 rings (SSSR count). The summed E-state index contributed by atoms with van der Waals surface area (Å²) in [5.74, 6) is -0.513. The average Bonchev–Trinajstić information content (AvgIpc) is 2.54. The van der Waals surface area contributed by atoms with E-state index in [0.29, 0.717) is 25.3 Å². The lowest BCUT2D eigenvalue weighted by Gasteiger charge is -2.31. The van der Waals surface area contributed by atoms with Crippen molar-refractivity contribution >= 4 is 11.9 Å². The Hall–Kier alpha value is -2.24. The van der Waals surface area contributed by atoms with Gasteiger partial charge in [-0.25, -0.2) is 0 Å². The van der Waals surface area contributed by atoms with Crippen LogP contribution in [0.5, 0.6) is 11.5 Å². The number of phenolic OH excluding ortho intramolecular Hbond substituents is 1. The van der Waals surface area contributed by atoms with E-state index in [1.54, 1.807) is 11.0 Å². The number of phenols is 1. The summed E-state index contributed by atoms with van der Waals surface area (Å²) in [5.41, 5.74) is 0.180. The molecule has 1 amide bonds. The number of rotatable bonds is 3. The molecule has 1 aliphatic heterocycles. The largest absolute Gasteiger partial charge is 0.507 e. The summed E-state index contributed by atoms with van der Waals surface area (Å²) in [4.78, 5) is 25.7. The van der Waals surface area contributed by atoms with Gasteiger partial charge in [-0.2, -0.15) is 0 Å². The molecule has 6 nitrogen and oxygen atoms in total. The topological polar surface area (TPSA) is 76.1 Å². The molecule has 0 bridgehead atoms. The minimum atomic E-state index is -0.306. The van der Waals surface area contributed by atoms with Gasteiger partial charge in [0.15, 0.2) is 0 Å². The Morgan fingerprint density at radius 1 is 1.33 bits per heavy atom. The van der Waals surface area contributed by atoms with E-state index < -0.39 is 0 Å². The monoisotopic (exact) mass is 293 g/mol. The molecule has 6 heteroatoms. The molecule has 1 aromatic carbocycles. The highest BCUT2D eigenvalue weighted by atomic mass is 16.5. The third-order valence-corrected chi connectivity index (χ3v) is 3.68. The number of benzene rings is 1. The summed E-state index contributed by atoms with van der Waals surface area (Å²) in [6.45, 7) is 0.866. The number of methoxy groups -OCH3 is 2. The van der Waals surface area contributed by atoms with Crippen LogP contribution in [0.4, 0.5) is 0 Å². The van der Waals surface area contributed by atoms with Crippen molar-refractivity contribution in [1.82, 2.24) is 4.90 Å². The average molecular weight is 293 g/mol. The van der Waals surface area contributed by atoms with E-state index in [4.69, 9.17) is 9.47 Å². The van der Waals surface area contributed by atoms with Gasteiger partial charge >= 0.3 is 5.97 Å². The van der Waals surface area contributed by atoms with Crippen molar-refractivity contribution < 1.29 is 24.2 Å². The van der Waals surface area contributed by atoms with Gasteiger partial charge in [-0.1, -0.05) is 0 Å². The van der Waals surface area contributed by atoms with E-state index in [-0.39, 0.29) is 29.1 Å². The van der Waals surface area contributed by atoms with Crippen molar-refractivity contribution in [2.24, 2.45) is 5.92 Å². The smallest absolute Gasteiger partial charge is 0.310 e. The van der Waals surface area contributed by atoms with Crippen LogP contribution >= 0.6 is 0 Å². The van der Waals surface area contributed by atoms with Crippen LogP contribution in [0.15, 0.2) is 18.2 Å². The van der Waals surface area contributed by atoms with Crippen molar-refractivity contribution in [3.05, 3.63) is 23.8 Å². The van der Waals surface area contributed by atoms with Crippen LogP contribution in [0, 0.1) is 5.92 Å². The fraction of sp³-hybridized carbons (Fsp3) is 0.467.